The third-order valence-corrected chi connectivity index (χ3v) is 5.91. The van der Waals surface area contributed by atoms with Gasteiger partial charge in [0.25, 0.3) is 0 Å². The predicted octanol–water partition coefficient (Wildman–Crippen LogP) is 5.10. The van der Waals surface area contributed by atoms with E-state index in [1.54, 1.807) is 11.3 Å². The third kappa shape index (κ3) is 4.34. The molecular formula is C23H26BN3S. The molecule has 3 nitrogen and oxygen atoms in total. The van der Waals surface area contributed by atoms with E-state index >= 15 is 0 Å². The van der Waals surface area contributed by atoms with E-state index in [-0.39, 0.29) is 0 Å². The fourth-order valence-electron chi connectivity index (χ4n) is 3.64. The van der Waals surface area contributed by atoms with E-state index in [1.165, 1.54) is 16.7 Å². The Kier molecular flexibility index (Phi) is 6.64. The molecule has 0 aliphatic carbocycles. The molecule has 0 radical (unpaired) electrons. The largest absolute Gasteiger partial charge is 0.192 e. The zero-order chi connectivity index (χ0) is 20.1. The Labute approximate surface area is 172 Å². The van der Waals surface area contributed by atoms with Gasteiger partial charge in [-0.15, -0.1) is 10.2 Å². The van der Waals surface area contributed by atoms with E-state index in [4.69, 9.17) is 0 Å². The summed E-state index contributed by atoms with van der Waals surface area (Å²) in [7, 11) is 2.21. The van der Waals surface area contributed by atoms with Crippen LogP contribution in [0.1, 0.15) is 43.0 Å². The molecule has 0 unspecified atom stereocenters. The molecule has 0 saturated carbocycles. The van der Waals surface area contributed by atoms with Crippen LogP contribution in [0.5, 0.6) is 0 Å². The summed E-state index contributed by atoms with van der Waals surface area (Å²) in [4.78, 5) is 0. The molecule has 0 aliphatic rings. The number of aryl methyl sites for hydroxylation is 1. The first-order chi connectivity index (χ1) is 13.6. The lowest BCUT2D eigenvalue weighted by molar-refractivity contribution is 0.646. The Morgan fingerprint density at radius 1 is 1.11 bits per heavy atom. The minimum atomic E-state index is 0.522. The Balaban J connectivity index is 1.97. The van der Waals surface area contributed by atoms with Crippen LogP contribution in [0.3, 0.4) is 0 Å². The number of nitrogens with zero attached hydrogens (tertiary/aromatic N) is 3. The average Bonchev–Trinajstić information content (AvgIpc) is 3.18. The summed E-state index contributed by atoms with van der Waals surface area (Å²) >= 11 is 1.60. The number of hydrogen-bond donors (Lipinski definition) is 0. The molecule has 1 aromatic heterocycles. The zero-order valence-electron chi connectivity index (χ0n) is 17.1. The normalized spacial score (nSPS) is 11.0. The van der Waals surface area contributed by atoms with Gasteiger partial charge in [-0.3, -0.25) is 0 Å². The van der Waals surface area contributed by atoms with Crippen molar-refractivity contribution in [3.8, 4) is 27.2 Å². The fraction of sp³-hybridized carbons (Fsp3) is 0.348. The van der Waals surface area contributed by atoms with Crippen molar-refractivity contribution < 1.29 is 0 Å². The molecule has 0 fully saturated rings. The maximum Gasteiger partial charge on any atom is 0.148 e. The van der Waals surface area contributed by atoms with Gasteiger partial charge in [0.2, 0.25) is 0 Å². The molecule has 28 heavy (non-hydrogen) atoms. The Morgan fingerprint density at radius 3 is 2.57 bits per heavy atom. The number of nitriles is 1. The molecule has 1 heterocycles. The van der Waals surface area contributed by atoms with Crippen LogP contribution in [-0.4, -0.2) is 18.0 Å². The first-order valence-electron chi connectivity index (χ1n) is 10.0. The van der Waals surface area contributed by atoms with Crippen molar-refractivity contribution >= 4 is 19.2 Å². The van der Waals surface area contributed by atoms with Gasteiger partial charge in [-0.1, -0.05) is 68.8 Å². The van der Waals surface area contributed by atoms with E-state index < -0.39 is 0 Å². The second-order valence-electron chi connectivity index (χ2n) is 7.54. The molecule has 5 heteroatoms. The van der Waals surface area contributed by atoms with Gasteiger partial charge < -0.3 is 0 Å². The van der Waals surface area contributed by atoms with Crippen LogP contribution in [0.2, 0.25) is 6.32 Å². The van der Waals surface area contributed by atoms with Crippen molar-refractivity contribution in [1.29, 1.82) is 5.26 Å². The van der Waals surface area contributed by atoms with Gasteiger partial charge in [0.15, 0.2) is 0 Å². The van der Waals surface area contributed by atoms with E-state index in [2.05, 4.69) is 75.2 Å². The highest BCUT2D eigenvalue weighted by Crippen LogP contribution is 2.34. The first kappa shape index (κ1) is 20.3. The van der Waals surface area contributed by atoms with Gasteiger partial charge in [0.1, 0.15) is 17.9 Å². The summed E-state index contributed by atoms with van der Waals surface area (Å²) in [6.07, 6.45) is 4.13. The average molecular weight is 387 g/mol. The second-order valence-corrected chi connectivity index (χ2v) is 8.52. The fourth-order valence-corrected chi connectivity index (χ4v) is 4.53. The zero-order valence-corrected chi connectivity index (χ0v) is 17.9. The smallest absolute Gasteiger partial charge is 0.148 e. The van der Waals surface area contributed by atoms with Gasteiger partial charge in [0, 0.05) is 11.1 Å². The van der Waals surface area contributed by atoms with E-state index in [1.807, 2.05) is 6.07 Å². The van der Waals surface area contributed by atoms with Gasteiger partial charge in [0.05, 0.1) is 11.6 Å². The predicted molar refractivity (Wildman–Crippen MR) is 120 cm³/mol. The maximum atomic E-state index is 9.55. The van der Waals surface area contributed by atoms with Crippen molar-refractivity contribution in [2.45, 2.75) is 46.4 Å². The molecule has 0 N–H and O–H groups in total. The first-order valence-corrected chi connectivity index (χ1v) is 10.9. The van der Waals surface area contributed by atoms with Crippen LogP contribution < -0.4 is 0 Å². The van der Waals surface area contributed by atoms with Gasteiger partial charge >= 0.3 is 0 Å². The molecule has 0 saturated heterocycles. The standard InChI is InChI=1S/C23H26BN3S/c1-4-20-16(10-11-24)6-5-7-21(20)23-27-26-22(28-23)18-9-8-17(12-15(2)3)19(13-18)14-25/h5-9,13,15H,4,10-12,24H2,1-3H3. The Hall–Kier alpha value is -2.45. The van der Waals surface area contributed by atoms with Crippen LogP contribution in [0.4, 0.5) is 0 Å². The van der Waals surface area contributed by atoms with Crippen LogP contribution >= 0.6 is 11.3 Å². The monoisotopic (exact) mass is 387 g/mol. The summed E-state index contributed by atoms with van der Waals surface area (Å²) in [6, 6.07) is 14.9. The maximum absolute atomic E-state index is 9.55. The molecule has 3 aromatic rings. The molecule has 142 valence electrons. The molecule has 0 amide bonds. The quantitative estimate of drug-likeness (QED) is 0.530. The highest BCUT2D eigenvalue weighted by molar-refractivity contribution is 7.17. The molecule has 3 rings (SSSR count). The summed E-state index contributed by atoms with van der Waals surface area (Å²) < 4.78 is 0. The summed E-state index contributed by atoms with van der Waals surface area (Å²) in [5, 5.41) is 20.3. The van der Waals surface area contributed by atoms with Crippen molar-refractivity contribution in [3.63, 3.8) is 0 Å². The molecule has 0 bridgehead atoms. The lowest BCUT2D eigenvalue weighted by Crippen LogP contribution is -1.97. The van der Waals surface area contributed by atoms with Crippen LogP contribution in [0.25, 0.3) is 21.1 Å². The van der Waals surface area contributed by atoms with Crippen LogP contribution in [0, 0.1) is 17.2 Å². The molecule has 2 aromatic carbocycles. The van der Waals surface area contributed by atoms with Gasteiger partial charge in [-0.25, -0.2) is 0 Å². The Bertz CT molecular complexity index is 1000. The summed E-state index contributed by atoms with van der Waals surface area (Å²) in [5.74, 6) is 0.522. The van der Waals surface area contributed by atoms with E-state index in [9.17, 15) is 5.26 Å². The van der Waals surface area contributed by atoms with Crippen LogP contribution in [-0.2, 0) is 19.3 Å². The molecule has 0 aliphatic heterocycles. The Morgan fingerprint density at radius 2 is 1.89 bits per heavy atom. The number of aromatic nitrogens is 2. The number of rotatable bonds is 7. The third-order valence-electron chi connectivity index (χ3n) is 4.91. The lowest BCUT2D eigenvalue weighted by Gasteiger charge is -2.11. The molecule has 0 atom stereocenters. The van der Waals surface area contributed by atoms with Crippen molar-refractivity contribution in [1.82, 2.24) is 10.2 Å². The second kappa shape index (κ2) is 9.17. The minimum Gasteiger partial charge on any atom is -0.192 e. The van der Waals surface area contributed by atoms with E-state index in [0.29, 0.717) is 5.92 Å². The number of hydrogen-bond acceptors (Lipinski definition) is 4. The van der Waals surface area contributed by atoms with Gasteiger partial charge in [-0.2, -0.15) is 5.26 Å². The minimum absolute atomic E-state index is 0.522. The van der Waals surface area contributed by atoms with Crippen molar-refractivity contribution in [2.75, 3.05) is 0 Å². The molecule has 0 spiro atoms. The molecular weight excluding hydrogens is 361 g/mol. The SMILES string of the molecule is BCCc1cccc(-c2nnc(-c3ccc(CC(C)C)c(C#N)c3)s2)c1CC. The van der Waals surface area contributed by atoms with Gasteiger partial charge in [-0.05, 0) is 47.9 Å². The topological polar surface area (TPSA) is 49.6 Å². The van der Waals surface area contributed by atoms with Crippen molar-refractivity contribution in [3.05, 3.63) is 58.7 Å². The highest BCUT2D eigenvalue weighted by Gasteiger charge is 2.15. The van der Waals surface area contributed by atoms with Crippen molar-refractivity contribution in [2.24, 2.45) is 5.92 Å². The number of benzene rings is 2. The summed E-state index contributed by atoms with van der Waals surface area (Å²) in [6.45, 7) is 6.54. The summed E-state index contributed by atoms with van der Waals surface area (Å²) in [5.41, 5.74) is 6.78. The van der Waals surface area contributed by atoms with Crippen LogP contribution in [0.15, 0.2) is 36.4 Å². The van der Waals surface area contributed by atoms with E-state index in [0.717, 1.165) is 52.3 Å². The highest BCUT2D eigenvalue weighted by atomic mass is 32.1. The lowest BCUT2D eigenvalue weighted by atomic mass is 9.91.